The van der Waals surface area contributed by atoms with Crippen molar-refractivity contribution in [3.05, 3.63) is 56.3 Å². The monoisotopic (exact) mass is 326 g/mol. The number of aromatic amines is 1. The third-order valence-electron chi connectivity index (χ3n) is 3.91. The topological polar surface area (TPSA) is 101 Å². The molecule has 0 bridgehead atoms. The minimum absolute atomic E-state index is 0.146. The van der Waals surface area contributed by atoms with Gasteiger partial charge in [-0.25, -0.2) is 4.98 Å². The molecule has 2 N–H and O–H groups in total. The first-order valence-electron chi connectivity index (χ1n) is 7.58. The van der Waals surface area contributed by atoms with Gasteiger partial charge in [0.1, 0.15) is 0 Å². The molecular weight excluding hydrogens is 308 g/mol. The molecule has 0 aromatic carbocycles. The summed E-state index contributed by atoms with van der Waals surface area (Å²) in [7, 11) is 0. The summed E-state index contributed by atoms with van der Waals surface area (Å²) in [6.07, 6.45) is 0. The first-order valence-corrected chi connectivity index (χ1v) is 7.58. The number of pyridine rings is 2. The lowest BCUT2D eigenvalue weighted by atomic mass is 10.1. The Morgan fingerprint density at radius 2 is 2.00 bits per heavy atom. The van der Waals surface area contributed by atoms with Crippen LogP contribution >= 0.6 is 0 Å². The highest BCUT2D eigenvalue weighted by Gasteiger charge is 2.18. The van der Waals surface area contributed by atoms with Gasteiger partial charge in [-0.1, -0.05) is 5.16 Å². The van der Waals surface area contributed by atoms with Gasteiger partial charge in [0.2, 0.25) is 0 Å². The molecule has 0 atom stereocenters. The molecule has 3 rings (SSSR count). The van der Waals surface area contributed by atoms with Gasteiger partial charge in [-0.15, -0.1) is 0 Å². The van der Waals surface area contributed by atoms with Crippen LogP contribution in [0, 0.1) is 27.7 Å². The summed E-state index contributed by atoms with van der Waals surface area (Å²) < 4.78 is 5.14. The molecule has 0 fully saturated rings. The van der Waals surface area contributed by atoms with E-state index in [0.717, 1.165) is 11.3 Å². The van der Waals surface area contributed by atoms with Gasteiger partial charge in [-0.2, -0.15) is 0 Å². The molecule has 0 spiro atoms. The Bertz CT molecular complexity index is 1000. The number of fused-ring (bicyclic) bond motifs is 1. The van der Waals surface area contributed by atoms with Gasteiger partial charge in [0.25, 0.3) is 17.2 Å². The van der Waals surface area contributed by atoms with Crippen molar-refractivity contribution in [2.24, 2.45) is 0 Å². The van der Waals surface area contributed by atoms with E-state index in [1.54, 1.807) is 19.9 Å². The number of amides is 1. The van der Waals surface area contributed by atoms with E-state index in [4.69, 9.17) is 4.52 Å². The molecule has 3 aromatic rings. The normalized spacial score (nSPS) is 11.0. The van der Waals surface area contributed by atoms with Crippen LogP contribution in [0.15, 0.2) is 21.5 Å². The molecule has 7 heteroatoms. The lowest BCUT2D eigenvalue weighted by Crippen LogP contribution is -2.28. The average Bonchev–Trinajstić information content (AvgIpc) is 2.86. The van der Waals surface area contributed by atoms with Crippen LogP contribution in [0.3, 0.4) is 0 Å². The Kier molecular flexibility index (Phi) is 3.92. The van der Waals surface area contributed by atoms with E-state index < -0.39 is 0 Å². The Hall–Kier alpha value is -2.96. The fourth-order valence-electron chi connectivity index (χ4n) is 2.76. The molecular formula is C17H18N4O3. The summed E-state index contributed by atoms with van der Waals surface area (Å²) in [4.78, 5) is 31.6. The smallest absolute Gasteiger partial charge is 0.258 e. The number of aromatic nitrogens is 3. The van der Waals surface area contributed by atoms with Gasteiger partial charge >= 0.3 is 0 Å². The highest BCUT2D eigenvalue weighted by atomic mass is 16.5. The summed E-state index contributed by atoms with van der Waals surface area (Å²) >= 11 is 0. The number of carbonyl (C=O) groups excluding carboxylic acids is 1. The minimum Gasteiger partial charge on any atom is -0.348 e. The summed E-state index contributed by atoms with van der Waals surface area (Å²) in [5.74, 6) is -0.295. The zero-order chi connectivity index (χ0) is 17.4. The van der Waals surface area contributed by atoms with Gasteiger partial charge in [0.05, 0.1) is 16.6 Å². The third kappa shape index (κ3) is 2.80. The van der Waals surface area contributed by atoms with Crippen molar-refractivity contribution in [2.75, 3.05) is 0 Å². The van der Waals surface area contributed by atoms with Crippen LogP contribution in [0.1, 0.15) is 38.6 Å². The number of rotatable bonds is 3. The number of hydrogen-bond donors (Lipinski definition) is 2. The van der Waals surface area contributed by atoms with Crippen molar-refractivity contribution >= 4 is 17.0 Å². The second-order valence-corrected chi connectivity index (χ2v) is 5.89. The van der Waals surface area contributed by atoms with Crippen LogP contribution in [0.5, 0.6) is 0 Å². The van der Waals surface area contributed by atoms with Crippen LogP contribution in [0.2, 0.25) is 0 Å². The third-order valence-corrected chi connectivity index (χ3v) is 3.91. The van der Waals surface area contributed by atoms with Crippen molar-refractivity contribution in [3.8, 4) is 0 Å². The largest absolute Gasteiger partial charge is 0.348 e. The van der Waals surface area contributed by atoms with Crippen LogP contribution < -0.4 is 10.9 Å². The highest BCUT2D eigenvalue weighted by molar-refractivity contribution is 6.05. The van der Waals surface area contributed by atoms with Crippen molar-refractivity contribution < 1.29 is 9.32 Å². The first-order chi connectivity index (χ1) is 11.4. The SMILES string of the molecule is Cc1cc(C(=O)NCc2c(C)cc(C)[nH]c2=O)c2c(C)noc2n1. The standard InChI is InChI=1S/C17H18N4O3/c1-8-5-9(2)19-16(23)13(8)7-18-15(22)12-6-10(3)20-17-14(12)11(4)21-24-17/h5-6H,7H2,1-4H3,(H,18,22)(H,19,23). The van der Waals surface area contributed by atoms with Crippen LogP contribution in [-0.2, 0) is 6.54 Å². The van der Waals surface area contributed by atoms with Crippen molar-refractivity contribution in [2.45, 2.75) is 34.2 Å². The second kappa shape index (κ2) is 5.92. The number of aryl methyl sites for hydroxylation is 4. The average molecular weight is 326 g/mol. The maximum Gasteiger partial charge on any atom is 0.258 e. The fraction of sp³-hybridized carbons (Fsp3) is 0.294. The molecule has 0 aliphatic heterocycles. The second-order valence-electron chi connectivity index (χ2n) is 5.89. The summed E-state index contributed by atoms with van der Waals surface area (Å²) in [6.45, 7) is 7.36. The van der Waals surface area contributed by atoms with Gasteiger partial charge in [-0.3, -0.25) is 9.59 Å². The number of nitrogens with one attached hydrogen (secondary N) is 2. The summed E-state index contributed by atoms with van der Waals surface area (Å²) in [6, 6.07) is 3.57. The molecule has 0 saturated heterocycles. The molecule has 0 radical (unpaired) electrons. The number of carbonyl (C=O) groups is 1. The predicted molar refractivity (Wildman–Crippen MR) is 89.0 cm³/mol. The van der Waals surface area contributed by atoms with E-state index in [-0.39, 0.29) is 18.0 Å². The Balaban J connectivity index is 1.92. The Morgan fingerprint density at radius 1 is 1.25 bits per heavy atom. The molecule has 0 aliphatic rings. The van der Waals surface area contributed by atoms with Crippen molar-refractivity contribution in [3.63, 3.8) is 0 Å². The lowest BCUT2D eigenvalue weighted by Gasteiger charge is -2.09. The maximum atomic E-state index is 12.6. The fourth-order valence-corrected chi connectivity index (χ4v) is 2.76. The number of nitrogens with zero attached hydrogens (tertiary/aromatic N) is 2. The summed E-state index contributed by atoms with van der Waals surface area (Å²) in [5.41, 5.74) is 4.02. The van der Waals surface area contributed by atoms with E-state index in [2.05, 4.69) is 20.4 Å². The zero-order valence-electron chi connectivity index (χ0n) is 14.0. The van der Waals surface area contributed by atoms with Crippen molar-refractivity contribution in [1.82, 2.24) is 20.4 Å². The van der Waals surface area contributed by atoms with Gasteiger partial charge in [0.15, 0.2) is 0 Å². The Morgan fingerprint density at radius 3 is 2.71 bits per heavy atom. The minimum atomic E-state index is -0.295. The van der Waals surface area contributed by atoms with E-state index in [1.165, 1.54) is 0 Å². The quantitative estimate of drug-likeness (QED) is 0.767. The predicted octanol–water partition coefficient (Wildman–Crippen LogP) is 2.07. The van der Waals surface area contributed by atoms with Gasteiger partial charge in [-0.05, 0) is 45.4 Å². The molecule has 3 heterocycles. The highest BCUT2D eigenvalue weighted by Crippen LogP contribution is 2.21. The number of hydrogen-bond acceptors (Lipinski definition) is 5. The first kappa shape index (κ1) is 15.9. The molecule has 7 nitrogen and oxygen atoms in total. The van der Waals surface area contributed by atoms with E-state index in [9.17, 15) is 9.59 Å². The zero-order valence-corrected chi connectivity index (χ0v) is 14.0. The molecule has 0 unspecified atom stereocenters. The number of H-pyrrole nitrogens is 1. The molecule has 3 aromatic heterocycles. The van der Waals surface area contributed by atoms with Crippen LogP contribution in [0.4, 0.5) is 0 Å². The molecule has 24 heavy (non-hydrogen) atoms. The van der Waals surface area contributed by atoms with Crippen LogP contribution in [-0.4, -0.2) is 21.0 Å². The summed E-state index contributed by atoms with van der Waals surface area (Å²) in [5, 5.41) is 7.25. The lowest BCUT2D eigenvalue weighted by molar-refractivity contribution is 0.0952. The molecule has 0 saturated carbocycles. The molecule has 0 aliphatic carbocycles. The van der Waals surface area contributed by atoms with E-state index in [1.807, 2.05) is 19.9 Å². The maximum absolute atomic E-state index is 12.6. The van der Waals surface area contributed by atoms with Gasteiger partial charge < -0.3 is 14.8 Å². The van der Waals surface area contributed by atoms with Gasteiger partial charge in [0, 0.05) is 23.5 Å². The van der Waals surface area contributed by atoms with E-state index >= 15 is 0 Å². The Labute approximate surface area is 138 Å². The van der Waals surface area contributed by atoms with Crippen LogP contribution in [0.25, 0.3) is 11.1 Å². The van der Waals surface area contributed by atoms with E-state index in [0.29, 0.717) is 33.6 Å². The molecule has 124 valence electrons. The van der Waals surface area contributed by atoms with Crippen molar-refractivity contribution in [1.29, 1.82) is 0 Å². The molecule has 1 amide bonds.